The molecule has 2 aromatic rings. The van der Waals surface area contributed by atoms with Crippen LogP contribution >= 0.6 is 15.9 Å². The summed E-state index contributed by atoms with van der Waals surface area (Å²) in [6.45, 7) is 1.47. The standard InChI is InChI=1S/C15H12BrNO4/c1-10(18)13-8-12(16)6-7-15(13)21-9-11-4-2-3-5-14(11)17(19)20/h2-8H,9H2,1H3. The number of ketones is 1. The molecular weight excluding hydrogens is 338 g/mol. The lowest BCUT2D eigenvalue weighted by Crippen LogP contribution is -2.03. The molecule has 6 heteroatoms. The number of ether oxygens (including phenoxy) is 1. The maximum atomic E-state index is 11.6. The molecule has 0 N–H and O–H groups in total. The molecular formula is C15H12BrNO4. The molecule has 0 amide bonds. The first-order chi connectivity index (χ1) is 9.99. The second kappa shape index (κ2) is 6.49. The summed E-state index contributed by atoms with van der Waals surface area (Å²) in [6, 6.07) is 11.4. The van der Waals surface area contributed by atoms with Gasteiger partial charge < -0.3 is 4.74 Å². The molecule has 2 aromatic carbocycles. The number of carbonyl (C=O) groups excluding carboxylic acids is 1. The molecule has 0 bridgehead atoms. The fraction of sp³-hybridized carbons (Fsp3) is 0.133. The average molecular weight is 350 g/mol. The minimum atomic E-state index is -0.452. The van der Waals surface area contributed by atoms with E-state index < -0.39 is 4.92 Å². The summed E-state index contributed by atoms with van der Waals surface area (Å²) in [6.07, 6.45) is 0. The molecule has 108 valence electrons. The monoisotopic (exact) mass is 349 g/mol. The van der Waals surface area contributed by atoms with Crippen LogP contribution in [0.25, 0.3) is 0 Å². The Hall–Kier alpha value is -2.21. The lowest BCUT2D eigenvalue weighted by molar-refractivity contribution is -0.385. The highest BCUT2D eigenvalue weighted by Gasteiger charge is 2.14. The largest absolute Gasteiger partial charge is 0.488 e. The number of Topliss-reactive ketones (excluding diaryl/α,β-unsaturated/α-hetero) is 1. The van der Waals surface area contributed by atoms with E-state index in [4.69, 9.17) is 4.74 Å². The average Bonchev–Trinajstić information content (AvgIpc) is 2.46. The summed E-state index contributed by atoms with van der Waals surface area (Å²) in [5.41, 5.74) is 0.891. The van der Waals surface area contributed by atoms with Gasteiger partial charge in [-0.15, -0.1) is 0 Å². The molecule has 0 atom stereocenters. The number of para-hydroxylation sites is 1. The first-order valence-electron chi connectivity index (χ1n) is 6.14. The Labute approximate surface area is 129 Å². The number of rotatable bonds is 5. The molecule has 5 nitrogen and oxygen atoms in total. The van der Waals surface area contributed by atoms with E-state index in [9.17, 15) is 14.9 Å². The van der Waals surface area contributed by atoms with Gasteiger partial charge in [0.2, 0.25) is 0 Å². The molecule has 0 aromatic heterocycles. The summed E-state index contributed by atoms with van der Waals surface area (Å²) in [5.74, 6) is 0.276. The highest BCUT2D eigenvalue weighted by Crippen LogP contribution is 2.26. The second-order valence-corrected chi connectivity index (χ2v) is 5.29. The first kappa shape index (κ1) is 15.2. The number of nitro benzene ring substituents is 1. The van der Waals surface area contributed by atoms with Gasteiger partial charge in [-0.05, 0) is 31.2 Å². The van der Waals surface area contributed by atoms with Gasteiger partial charge in [0.25, 0.3) is 5.69 Å². The van der Waals surface area contributed by atoms with E-state index in [0.717, 1.165) is 4.47 Å². The van der Waals surface area contributed by atoms with Crippen molar-refractivity contribution < 1.29 is 14.5 Å². The summed E-state index contributed by atoms with van der Waals surface area (Å²) in [5, 5.41) is 10.9. The molecule has 2 rings (SSSR count). The number of benzene rings is 2. The van der Waals surface area contributed by atoms with E-state index in [-0.39, 0.29) is 18.1 Å². The fourth-order valence-electron chi connectivity index (χ4n) is 1.87. The van der Waals surface area contributed by atoms with Crippen molar-refractivity contribution in [3.05, 3.63) is 68.2 Å². The molecule has 0 aliphatic carbocycles. The SMILES string of the molecule is CC(=O)c1cc(Br)ccc1OCc1ccccc1[N+](=O)[O-]. The van der Waals surface area contributed by atoms with Crippen LogP contribution in [0.3, 0.4) is 0 Å². The van der Waals surface area contributed by atoms with Gasteiger partial charge >= 0.3 is 0 Å². The van der Waals surface area contributed by atoms with Crippen molar-refractivity contribution in [3.63, 3.8) is 0 Å². The number of hydrogen-bond acceptors (Lipinski definition) is 4. The van der Waals surface area contributed by atoms with Crippen LogP contribution in [0.4, 0.5) is 5.69 Å². The van der Waals surface area contributed by atoms with Crippen LogP contribution in [0, 0.1) is 10.1 Å². The predicted molar refractivity (Wildman–Crippen MR) is 81.6 cm³/mol. The lowest BCUT2D eigenvalue weighted by Gasteiger charge is -2.10. The Morgan fingerprint density at radius 2 is 2.00 bits per heavy atom. The Bertz CT molecular complexity index is 700. The van der Waals surface area contributed by atoms with Crippen LogP contribution in [-0.4, -0.2) is 10.7 Å². The molecule has 0 unspecified atom stereocenters. The van der Waals surface area contributed by atoms with E-state index >= 15 is 0 Å². The number of carbonyl (C=O) groups is 1. The maximum absolute atomic E-state index is 11.6. The highest BCUT2D eigenvalue weighted by molar-refractivity contribution is 9.10. The van der Waals surface area contributed by atoms with Crippen molar-refractivity contribution in [2.45, 2.75) is 13.5 Å². The van der Waals surface area contributed by atoms with E-state index in [1.165, 1.54) is 13.0 Å². The van der Waals surface area contributed by atoms with Crippen molar-refractivity contribution in [3.8, 4) is 5.75 Å². The maximum Gasteiger partial charge on any atom is 0.276 e. The first-order valence-corrected chi connectivity index (χ1v) is 6.94. The molecule has 0 radical (unpaired) electrons. The van der Waals surface area contributed by atoms with Gasteiger partial charge in [-0.3, -0.25) is 14.9 Å². The van der Waals surface area contributed by atoms with Crippen molar-refractivity contribution in [1.82, 2.24) is 0 Å². The Morgan fingerprint density at radius 3 is 2.67 bits per heavy atom. The van der Waals surface area contributed by atoms with Gasteiger partial charge in [-0.25, -0.2) is 0 Å². The van der Waals surface area contributed by atoms with Gasteiger partial charge in [0.05, 0.1) is 16.1 Å². The van der Waals surface area contributed by atoms with Crippen LogP contribution in [0.2, 0.25) is 0 Å². The van der Waals surface area contributed by atoms with Crippen molar-refractivity contribution >= 4 is 27.4 Å². The molecule has 0 saturated carbocycles. The summed E-state index contributed by atoms with van der Waals surface area (Å²) in [7, 11) is 0. The molecule has 0 heterocycles. The summed E-state index contributed by atoms with van der Waals surface area (Å²) < 4.78 is 6.35. The smallest absolute Gasteiger partial charge is 0.276 e. The van der Waals surface area contributed by atoms with E-state index in [1.807, 2.05) is 0 Å². The number of hydrogen-bond donors (Lipinski definition) is 0. The topological polar surface area (TPSA) is 69.4 Å². The van der Waals surface area contributed by atoms with Crippen LogP contribution in [-0.2, 0) is 6.61 Å². The summed E-state index contributed by atoms with van der Waals surface area (Å²) in [4.78, 5) is 22.1. The third kappa shape index (κ3) is 3.66. The lowest BCUT2D eigenvalue weighted by atomic mass is 10.1. The number of nitro groups is 1. The number of halogens is 1. The highest BCUT2D eigenvalue weighted by atomic mass is 79.9. The van der Waals surface area contributed by atoms with Gasteiger partial charge in [0.1, 0.15) is 12.4 Å². The quantitative estimate of drug-likeness (QED) is 0.462. The van der Waals surface area contributed by atoms with Gasteiger partial charge in [0, 0.05) is 10.5 Å². The summed E-state index contributed by atoms with van der Waals surface area (Å²) >= 11 is 3.29. The van der Waals surface area contributed by atoms with Gasteiger partial charge in [-0.2, -0.15) is 0 Å². The minimum Gasteiger partial charge on any atom is -0.488 e. The molecule has 0 aliphatic rings. The Balaban J connectivity index is 2.25. The van der Waals surface area contributed by atoms with Crippen molar-refractivity contribution in [2.24, 2.45) is 0 Å². The van der Waals surface area contributed by atoms with Crippen LogP contribution < -0.4 is 4.74 Å². The Kier molecular flexibility index (Phi) is 4.70. The van der Waals surface area contributed by atoms with Crippen LogP contribution in [0.15, 0.2) is 46.9 Å². The minimum absolute atomic E-state index is 0.000938. The molecule has 0 fully saturated rings. The fourth-order valence-corrected chi connectivity index (χ4v) is 2.23. The zero-order chi connectivity index (χ0) is 15.4. The molecule has 0 spiro atoms. The zero-order valence-electron chi connectivity index (χ0n) is 11.2. The van der Waals surface area contributed by atoms with E-state index in [0.29, 0.717) is 16.9 Å². The van der Waals surface area contributed by atoms with Gasteiger partial charge in [-0.1, -0.05) is 28.1 Å². The van der Waals surface area contributed by atoms with Gasteiger partial charge in [0.15, 0.2) is 5.78 Å². The number of nitrogens with zero attached hydrogens (tertiary/aromatic N) is 1. The molecule has 0 saturated heterocycles. The van der Waals surface area contributed by atoms with Crippen molar-refractivity contribution in [2.75, 3.05) is 0 Å². The Morgan fingerprint density at radius 1 is 1.29 bits per heavy atom. The van der Waals surface area contributed by atoms with E-state index in [1.54, 1.807) is 36.4 Å². The molecule has 21 heavy (non-hydrogen) atoms. The van der Waals surface area contributed by atoms with Crippen molar-refractivity contribution in [1.29, 1.82) is 0 Å². The normalized spacial score (nSPS) is 10.2. The second-order valence-electron chi connectivity index (χ2n) is 4.37. The molecule has 0 aliphatic heterocycles. The predicted octanol–water partition coefficient (Wildman–Crippen LogP) is 4.14. The zero-order valence-corrected chi connectivity index (χ0v) is 12.8. The van der Waals surface area contributed by atoms with E-state index in [2.05, 4.69) is 15.9 Å². The third-order valence-corrected chi connectivity index (χ3v) is 3.39. The van der Waals surface area contributed by atoms with Crippen LogP contribution in [0.5, 0.6) is 5.75 Å². The van der Waals surface area contributed by atoms with Crippen LogP contribution in [0.1, 0.15) is 22.8 Å². The third-order valence-electron chi connectivity index (χ3n) is 2.89.